The fraction of sp³-hybridized carbons (Fsp3) is 0.286. The van der Waals surface area contributed by atoms with E-state index >= 15 is 0 Å². The smallest absolute Gasteiger partial charge is 0.240 e. The summed E-state index contributed by atoms with van der Waals surface area (Å²) in [6.07, 6.45) is 1.13. The molecular formula is C28H29ClN4O4. The van der Waals surface area contributed by atoms with Crippen molar-refractivity contribution in [3.63, 3.8) is 0 Å². The maximum Gasteiger partial charge on any atom is 0.240 e. The van der Waals surface area contributed by atoms with Crippen LogP contribution in [-0.2, 0) is 4.79 Å². The minimum Gasteiger partial charge on any atom is -0.492 e. The standard InChI is InChI=1S/C28H29ClN4O4/c29-23-14-18(24-9-11-28(35)33-32-24)6-10-27(23)36-13-3-12-30-16-19(34)17-37-20-7-8-22-21-4-1-2-5-25(21)31-26(22)15-20/h1-2,4-8,10,14-15,19,30-31,34H,3,9,11-13,16-17H2,(H,33,35). The minimum atomic E-state index is -0.631. The molecule has 4 aromatic rings. The fourth-order valence-electron chi connectivity index (χ4n) is 4.30. The lowest BCUT2D eigenvalue weighted by molar-refractivity contribution is -0.121. The Morgan fingerprint density at radius 3 is 2.73 bits per heavy atom. The summed E-state index contributed by atoms with van der Waals surface area (Å²) in [5, 5.41) is 20.4. The molecule has 0 spiro atoms. The molecule has 0 saturated heterocycles. The second-order valence-electron chi connectivity index (χ2n) is 8.99. The number of rotatable bonds is 11. The van der Waals surface area contributed by atoms with Gasteiger partial charge < -0.3 is 24.9 Å². The minimum absolute atomic E-state index is 0.0771. The van der Waals surface area contributed by atoms with Crippen LogP contribution in [0.1, 0.15) is 24.8 Å². The first-order chi connectivity index (χ1) is 18.1. The lowest BCUT2D eigenvalue weighted by Gasteiger charge is -2.15. The number of nitrogens with zero attached hydrogens (tertiary/aromatic N) is 1. The van der Waals surface area contributed by atoms with Gasteiger partial charge in [0.25, 0.3) is 0 Å². The number of benzene rings is 3. The van der Waals surface area contributed by atoms with Crippen LogP contribution < -0.4 is 20.2 Å². The number of aliphatic hydroxyl groups excluding tert-OH is 1. The lowest BCUT2D eigenvalue weighted by Crippen LogP contribution is -2.32. The van der Waals surface area contributed by atoms with Gasteiger partial charge in [0.05, 0.1) is 22.9 Å². The molecule has 37 heavy (non-hydrogen) atoms. The number of halogens is 1. The van der Waals surface area contributed by atoms with Gasteiger partial charge in [-0.05, 0) is 54.9 Å². The summed E-state index contributed by atoms with van der Waals surface area (Å²) in [7, 11) is 0. The van der Waals surface area contributed by atoms with Crippen molar-refractivity contribution in [3.05, 3.63) is 71.2 Å². The number of aliphatic hydroxyl groups is 1. The Balaban J connectivity index is 1.00. The number of ether oxygens (including phenoxy) is 2. The molecule has 1 atom stereocenters. The maximum absolute atomic E-state index is 11.3. The van der Waals surface area contributed by atoms with Crippen LogP contribution in [0.15, 0.2) is 65.8 Å². The third kappa shape index (κ3) is 6.22. The molecule has 5 rings (SSSR count). The predicted octanol–water partition coefficient (Wildman–Crippen LogP) is 4.39. The number of hydrogen-bond acceptors (Lipinski definition) is 6. The number of aromatic nitrogens is 1. The summed E-state index contributed by atoms with van der Waals surface area (Å²) in [6, 6.07) is 19.6. The SMILES string of the molecule is O=C1CCC(c2ccc(OCCCNCC(O)COc3ccc4c(c3)[nH]c3ccccc34)c(Cl)c2)=NN1. The van der Waals surface area contributed by atoms with Gasteiger partial charge in [0.1, 0.15) is 24.2 Å². The van der Waals surface area contributed by atoms with Crippen LogP contribution in [-0.4, -0.2) is 54.1 Å². The third-order valence-electron chi connectivity index (χ3n) is 6.22. The van der Waals surface area contributed by atoms with Crippen LogP contribution in [0, 0.1) is 0 Å². The van der Waals surface area contributed by atoms with Gasteiger partial charge in [-0.25, -0.2) is 5.43 Å². The predicted molar refractivity (Wildman–Crippen MR) is 146 cm³/mol. The molecule has 0 aliphatic carbocycles. The molecule has 0 radical (unpaired) electrons. The van der Waals surface area contributed by atoms with Crippen molar-refractivity contribution in [3.8, 4) is 11.5 Å². The van der Waals surface area contributed by atoms with E-state index in [4.69, 9.17) is 21.1 Å². The molecule has 9 heteroatoms. The van der Waals surface area contributed by atoms with Crippen molar-refractivity contribution in [2.24, 2.45) is 5.10 Å². The Labute approximate surface area is 219 Å². The van der Waals surface area contributed by atoms with Crippen LogP contribution in [0.5, 0.6) is 11.5 Å². The molecule has 4 N–H and O–H groups in total. The van der Waals surface area contributed by atoms with Gasteiger partial charge in [0, 0.05) is 41.7 Å². The molecule has 1 aromatic heterocycles. The number of H-pyrrole nitrogens is 1. The highest BCUT2D eigenvalue weighted by molar-refractivity contribution is 6.32. The highest BCUT2D eigenvalue weighted by atomic mass is 35.5. The fourth-order valence-corrected chi connectivity index (χ4v) is 4.54. The Kier molecular flexibility index (Phi) is 7.89. The molecule has 0 fully saturated rings. The van der Waals surface area contributed by atoms with Gasteiger partial charge in [-0.1, -0.05) is 29.8 Å². The Hall–Kier alpha value is -3.59. The molecule has 8 nitrogen and oxygen atoms in total. The van der Waals surface area contributed by atoms with E-state index in [1.165, 1.54) is 5.39 Å². The van der Waals surface area contributed by atoms with Gasteiger partial charge in [-0.15, -0.1) is 0 Å². The van der Waals surface area contributed by atoms with E-state index in [1.807, 2.05) is 42.5 Å². The van der Waals surface area contributed by atoms with E-state index in [0.717, 1.165) is 39.9 Å². The quantitative estimate of drug-likeness (QED) is 0.219. The molecule has 3 aromatic carbocycles. The summed E-state index contributed by atoms with van der Waals surface area (Å²) in [5.41, 5.74) is 6.27. The molecule has 1 aliphatic heterocycles. The van der Waals surface area contributed by atoms with Crippen molar-refractivity contribution in [1.29, 1.82) is 0 Å². The molecule has 2 heterocycles. The van der Waals surface area contributed by atoms with Crippen molar-refractivity contribution in [1.82, 2.24) is 15.7 Å². The van der Waals surface area contributed by atoms with Crippen molar-refractivity contribution < 1.29 is 19.4 Å². The summed E-state index contributed by atoms with van der Waals surface area (Å²) in [6.45, 7) is 1.79. The van der Waals surface area contributed by atoms with Crippen LogP contribution in [0.25, 0.3) is 21.8 Å². The van der Waals surface area contributed by atoms with Crippen LogP contribution >= 0.6 is 11.6 Å². The summed E-state index contributed by atoms with van der Waals surface area (Å²) >= 11 is 6.37. The number of hydrogen-bond donors (Lipinski definition) is 4. The number of para-hydroxylation sites is 1. The summed E-state index contributed by atoms with van der Waals surface area (Å²) in [5.74, 6) is 1.24. The van der Waals surface area contributed by atoms with Crippen LogP contribution in [0.3, 0.4) is 0 Å². The number of carbonyl (C=O) groups is 1. The Morgan fingerprint density at radius 2 is 1.89 bits per heavy atom. The van der Waals surface area contributed by atoms with E-state index < -0.39 is 6.10 Å². The van der Waals surface area contributed by atoms with E-state index in [9.17, 15) is 9.90 Å². The number of amides is 1. The molecule has 192 valence electrons. The lowest BCUT2D eigenvalue weighted by atomic mass is 10.0. The van der Waals surface area contributed by atoms with E-state index in [0.29, 0.717) is 43.3 Å². The highest BCUT2D eigenvalue weighted by Gasteiger charge is 2.15. The zero-order chi connectivity index (χ0) is 25.6. The maximum atomic E-state index is 11.3. The Bertz CT molecular complexity index is 1430. The highest BCUT2D eigenvalue weighted by Crippen LogP contribution is 2.28. The monoisotopic (exact) mass is 520 g/mol. The summed E-state index contributed by atoms with van der Waals surface area (Å²) < 4.78 is 11.6. The van der Waals surface area contributed by atoms with E-state index in [2.05, 4.69) is 33.0 Å². The average molecular weight is 521 g/mol. The summed E-state index contributed by atoms with van der Waals surface area (Å²) in [4.78, 5) is 14.7. The molecule has 0 saturated carbocycles. The van der Waals surface area contributed by atoms with Crippen molar-refractivity contribution >= 4 is 45.0 Å². The number of carbonyl (C=O) groups excluding carboxylic acids is 1. The molecule has 1 unspecified atom stereocenters. The zero-order valence-electron chi connectivity index (χ0n) is 20.3. The first-order valence-electron chi connectivity index (χ1n) is 12.4. The number of fused-ring (bicyclic) bond motifs is 3. The Morgan fingerprint density at radius 1 is 1.03 bits per heavy atom. The number of aromatic amines is 1. The van der Waals surface area contributed by atoms with E-state index in [1.54, 1.807) is 6.07 Å². The van der Waals surface area contributed by atoms with Gasteiger partial charge in [0.2, 0.25) is 5.91 Å². The first kappa shape index (κ1) is 25.1. The largest absolute Gasteiger partial charge is 0.492 e. The third-order valence-corrected chi connectivity index (χ3v) is 6.52. The van der Waals surface area contributed by atoms with Crippen LogP contribution in [0.4, 0.5) is 0 Å². The number of nitrogens with one attached hydrogen (secondary N) is 3. The van der Waals surface area contributed by atoms with Gasteiger partial charge in [-0.3, -0.25) is 4.79 Å². The first-order valence-corrected chi connectivity index (χ1v) is 12.7. The molecule has 0 bridgehead atoms. The van der Waals surface area contributed by atoms with Gasteiger partial charge in [0.15, 0.2) is 0 Å². The molecule has 1 amide bonds. The molecular weight excluding hydrogens is 492 g/mol. The van der Waals surface area contributed by atoms with E-state index in [-0.39, 0.29) is 12.5 Å². The zero-order valence-corrected chi connectivity index (χ0v) is 21.1. The average Bonchev–Trinajstić information content (AvgIpc) is 3.28. The normalized spacial score (nSPS) is 14.4. The molecule has 1 aliphatic rings. The van der Waals surface area contributed by atoms with Crippen molar-refractivity contribution in [2.75, 3.05) is 26.3 Å². The van der Waals surface area contributed by atoms with Crippen molar-refractivity contribution in [2.45, 2.75) is 25.4 Å². The van der Waals surface area contributed by atoms with Gasteiger partial charge in [-0.2, -0.15) is 5.10 Å². The second-order valence-corrected chi connectivity index (χ2v) is 9.39. The second kappa shape index (κ2) is 11.6. The topological polar surface area (TPSA) is 108 Å². The number of hydrazone groups is 1. The van der Waals surface area contributed by atoms with Gasteiger partial charge >= 0.3 is 0 Å². The van der Waals surface area contributed by atoms with Crippen LogP contribution in [0.2, 0.25) is 5.02 Å².